The molecule has 1 fully saturated rings. The first-order valence-corrected chi connectivity index (χ1v) is 8.93. The van der Waals surface area contributed by atoms with E-state index in [1.54, 1.807) is 18.4 Å². The molecule has 1 unspecified atom stereocenters. The summed E-state index contributed by atoms with van der Waals surface area (Å²) in [6.07, 6.45) is 3.97. The van der Waals surface area contributed by atoms with E-state index in [1.807, 2.05) is 23.1 Å². The molecule has 0 bridgehead atoms. The molecule has 0 spiro atoms. The molecule has 2 aromatic rings. The van der Waals surface area contributed by atoms with Gasteiger partial charge in [0.1, 0.15) is 5.76 Å². The van der Waals surface area contributed by atoms with Gasteiger partial charge in [-0.05, 0) is 55.4 Å². The normalized spacial score (nSPS) is 17.0. The smallest absolute Gasteiger partial charge is 0.173 e. The number of anilines is 1. The van der Waals surface area contributed by atoms with Gasteiger partial charge >= 0.3 is 0 Å². The topological polar surface area (TPSA) is 37.6 Å². The average Bonchev–Trinajstić information content (AvgIpc) is 3.23. The number of thiocarbonyl (C=S) groups is 1. The largest absolute Gasteiger partial charge is 0.467 e. The zero-order chi connectivity index (χ0) is 16.9. The van der Waals surface area contributed by atoms with E-state index in [-0.39, 0.29) is 6.10 Å². The van der Waals surface area contributed by atoms with Gasteiger partial charge < -0.3 is 19.4 Å². The predicted molar refractivity (Wildman–Crippen MR) is 101 cm³/mol. The summed E-state index contributed by atoms with van der Waals surface area (Å²) in [4.78, 5) is 2.04. The van der Waals surface area contributed by atoms with Gasteiger partial charge in [-0.25, -0.2) is 0 Å². The Bertz CT molecular complexity index is 688. The van der Waals surface area contributed by atoms with Crippen molar-refractivity contribution in [2.45, 2.75) is 25.5 Å². The predicted octanol–water partition coefficient (Wildman–Crippen LogP) is 4.96. The number of furan rings is 1. The molecule has 1 atom stereocenters. The first-order valence-electron chi connectivity index (χ1n) is 7.77. The first kappa shape index (κ1) is 17.5. The molecule has 0 radical (unpaired) electrons. The van der Waals surface area contributed by atoms with Crippen molar-refractivity contribution < 1.29 is 9.15 Å². The molecular formula is C17H18Cl2N2O2S. The summed E-state index contributed by atoms with van der Waals surface area (Å²) >= 11 is 17.7. The Morgan fingerprint density at radius 1 is 1.33 bits per heavy atom. The molecule has 1 aliphatic heterocycles. The molecule has 0 saturated carbocycles. The Labute approximate surface area is 156 Å². The van der Waals surface area contributed by atoms with Crippen molar-refractivity contribution in [2.24, 2.45) is 0 Å². The molecule has 24 heavy (non-hydrogen) atoms. The van der Waals surface area contributed by atoms with E-state index in [1.165, 1.54) is 0 Å². The van der Waals surface area contributed by atoms with Crippen LogP contribution in [0.15, 0.2) is 41.0 Å². The highest BCUT2D eigenvalue weighted by atomic mass is 35.5. The van der Waals surface area contributed by atoms with Crippen molar-refractivity contribution in [3.8, 4) is 0 Å². The zero-order valence-electron chi connectivity index (χ0n) is 13.0. The van der Waals surface area contributed by atoms with Crippen LogP contribution in [0.5, 0.6) is 0 Å². The van der Waals surface area contributed by atoms with Gasteiger partial charge in [-0.3, -0.25) is 0 Å². The maximum atomic E-state index is 6.22. The van der Waals surface area contributed by atoms with Gasteiger partial charge in [0.05, 0.1) is 29.6 Å². The summed E-state index contributed by atoms with van der Waals surface area (Å²) in [5.41, 5.74) is 0.725. The van der Waals surface area contributed by atoms with Gasteiger partial charge in [-0.2, -0.15) is 0 Å². The van der Waals surface area contributed by atoms with E-state index >= 15 is 0 Å². The highest BCUT2D eigenvalue weighted by Gasteiger charge is 2.22. The van der Waals surface area contributed by atoms with Crippen LogP contribution in [0.1, 0.15) is 18.6 Å². The summed E-state index contributed by atoms with van der Waals surface area (Å²) in [6.45, 7) is 2.09. The Kier molecular flexibility index (Phi) is 6.00. The third-order valence-electron chi connectivity index (χ3n) is 3.83. The van der Waals surface area contributed by atoms with Crippen molar-refractivity contribution in [3.05, 3.63) is 52.4 Å². The molecule has 128 valence electrons. The number of hydrogen-bond donors (Lipinski definition) is 1. The SMILES string of the molecule is S=C(Nc1ccc(Cl)cc1Cl)N(Cc1ccco1)CC1CCCO1. The number of benzene rings is 1. The van der Waals surface area contributed by atoms with E-state index in [4.69, 9.17) is 44.6 Å². The first-order chi connectivity index (χ1) is 11.6. The highest BCUT2D eigenvalue weighted by molar-refractivity contribution is 7.80. The van der Waals surface area contributed by atoms with Crippen molar-refractivity contribution in [1.82, 2.24) is 4.90 Å². The van der Waals surface area contributed by atoms with Crippen molar-refractivity contribution in [3.63, 3.8) is 0 Å². The van der Waals surface area contributed by atoms with Crippen LogP contribution in [0.3, 0.4) is 0 Å². The fourth-order valence-corrected chi connectivity index (χ4v) is 3.33. The lowest BCUT2D eigenvalue weighted by atomic mass is 10.2. The molecule has 0 amide bonds. The number of rotatable bonds is 5. The fourth-order valence-electron chi connectivity index (χ4n) is 2.63. The molecule has 3 rings (SSSR count). The molecule has 7 heteroatoms. The quantitative estimate of drug-likeness (QED) is 0.736. The number of nitrogens with one attached hydrogen (secondary N) is 1. The van der Waals surface area contributed by atoms with Crippen molar-refractivity contribution in [1.29, 1.82) is 0 Å². The van der Waals surface area contributed by atoms with Crippen LogP contribution < -0.4 is 5.32 Å². The summed E-state index contributed by atoms with van der Waals surface area (Å²) in [7, 11) is 0. The lowest BCUT2D eigenvalue weighted by molar-refractivity contribution is 0.0892. The minimum Gasteiger partial charge on any atom is -0.467 e. The zero-order valence-corrected chi connectivity index (χ0v) is 15.3. The second kappa shape index (κ2) is 8.21. The van der Waals surface area contributed by atoms with Crippen LogP contribution in [0.4, 0.5) is 5.69 Å². The second-order valence-electron chi connectivity index (χ2n) is 5.65. The molecule has 1 aromatic carbocycles. The van der Waals surface area contributed by atoms with Crippen LogP contribution in [-0.2, 0) is 11.3 Å². The van der Waals surface area contributed by atoms with Crippen LogP contribution in [-0.4, -0.2) is 29.3 Å². The standard InChI is InChI=1S/C17H18Cl2N2O2S/c18-12-5-6-16(15(19)9-12)20-17(24)21(10-13-3-1-7-22-13)11-14-4-2-8-23-14/h1,3,5-7,9,14H,2,4,8,10-11H2,(H,20,24). The minimum atomic E-state index is 0.181. The lowest BCUT2D eigenvalue weighted by Gasteiger charge is -2.27. The fraction of sp³-hybridized carbons (Fsp3) is 0.353. The Morgan fingerprint density at radius 2 is 2.21 bits per heavy atom. The second-order valence-corrected chi connectivity index (χ2v) is 6.88. The van der Waals surface area contributed by atoms with Gasteiger partial charge in [-0.15, -0.1) is 0 Å². The minimum absolute atomic E-state index is 0.181. The number of halogens is 2. The van der Waals surface area contributed by atoms with E-state index in [0.29, 0.717) is 28.2 Å². The molecular weight excluding hydrogens is 367 g/mol. The van der Waals surface area contributed by atoms with Crippen molar-refractivity contribution in [2.75, 3.05) is 18.5 Å². The van der Waals surface area contributed by atoms with Gasteiger partial charge in [0.2, 0.25) is 0 Å². The van der Waals surface area contributed by atoms with E-state index in [9.17, 15) is 0 Å². The van der Waals surface area contributed by atoms with Gasteiger partial charge in [0.15, 0.2) is 5.11 Å². The Morgan fingerprint density at radius 3 is 2.88 bits per heavy atom. The molecule has 0 aliphatic carbocycles. The lowest BCUT2D eigenvalue weighted by Crippen LogP contribution is -2.39. The number of nitrogens with zero attached hydrogens (tertiary/aromatic N) is 1. The van der Waals surface area contributed by atoms with Crippen LogP contribution in [0.25, 0.3) is 0 Å². The summed E-state index contributed by atoms with van der Waals surface area (Å²) in [6, 6.07) is 9.07. The van der Waals surface area contributed by atoms with Crippen LogP contribution in [0, 0.1) is 0 Å². The maximum absolute atomic E-state index is 6.22. The maximum Gasteiger partial charge on any atom is 0.173 e. The van der Waals surface area contributed by atoms with Crippen molar-refractivity contribution >= 4 is 46.2 Å². The average molecular weight is 385 g/mol. The summed E-state index contributed by atoms with van der Waals surface area (Å²) in [5, 5.41) is 4.88. The molecule has 1 aliphatic rings. The molecule has 4 nitrogen and oxygen atoms in total. The number of ether oxygens (including phenoxy) is 1. The summed E-state index contributed by atoms with van der Waals surface area (Å²) < 4.78 is 11.2. The van der Waals surface area contributed by atoms with Crippen LogP contribution >= 0.6 is 35.4 Å². The molecule has 2 heterocycles. The van der Waals surface area contributed by atoms with Gasteiger partial charge in [0.25, 0.3) is 0 Å². The van der Waals surface area contributed by atoms with E-state index in [0.717, 1.165) is 30.9 Å². The third-order valence-corrected chi connectivity index (χ3v) is 4.74. The molecule has 1 saturated heterocycles. The van der Waals surface area contributed by atoms with E-state index < -0.39 is 0 Å². The van der Waals surface area contributed by atoms with Crippen LogP contribution in [0.2, 0.25) is 10.0 Å². The molecule has 1 N–H and O–H groups in total. The Hall–Kier alpha value is -1.27. The highest BCUT2D eigenvalue weighted by Crippen LogP contribution is 2.26. The third kappa shape index (κ3) is 4.63. The van der Waals surface area contributed by atoms with Gasteiger partial charge in [-0.1, -0.05) is 23.2 Å². The monoisotopic (exact) mass is 384 g/mol. The summed E-state index contributed by atoms with van der Waals surface area (Å²) in [5.74, 6) is 0.847. The Balaban J connectivity index is 1.71. The van der Waals surface area contributed by atoms with E-state index in [2.05, 4.69) is 5.32 Å². The van der Waals surface area contributed by atoms with Gasteiger partial charge in [0, 0.05) is 18.2 Å². The number of hydrogen-bond acceptors (Lipinski definition) is 3. The molecule has 1 aromatic heterocycles.